The van der Waals surface area contributed by atoms with Crippen molar-refractivity contribution in [2.24, 2.45) is 0 Å². The molecule has 0 bridgehead atoms. The molecule has 0 N–H and O–H groups in total. The van der Waals surface area contributed by atoms with Gasteiger partial charge in [0.05, 0.1) is 12.1 Å². The zero-order valence-corrected chi connectivity index (χ0v) is 14.5. The van der Waals surface area contributed by atoms with E-state index in [-0.39, 0.29) is 5.91 Å². The van der Waals surface area contributed by atoms with Gasteiger partial charge in [-0.3, -0.25) is 4.79 Å². The van der Waals surface area contributed by atoms with Crippen LogP contribution in [0.4, 0.5) is 0 Å². The van der Waals surface area contributed by atoms with Crippen LogP contribution in [0.5, 0.6) is 5.75 Å². The SMILES string of the molecule is COc1ccc2c(Cl)c(C(=O)N(C)C3CCCCC3)sc2c1. The maximum atomic E-state index is 12.8. The number of amides is 1. The first kappa shape index (κ1) is 15.6. The van der Waals surface area contributed by atoms with Crippen LogP contribution in [0.2, 0.25) is 5.02 Å². The summed E-state index contributed by atoms with van der Waals surface area (Å²) in [5.74, 6) is 0.821. The van der Waals surface area contributed by atoms with Crippen molar-refractivity contribution in [1.29, 1.82) is 0 Å². The molecule has 3 nitrogen and oxygen atoms in total. The third-order valence-electron chi connectivity index (χ3n) is 4.47. The molecule has 0 spiro atoms. The number of methoxy groups -OCH3 is 1. The van der Waals surface area contributed by atoms with E-state index in [2.05, 4.69) is 0 Å². The Bertz CT molecular complexity index is 691. The standard InChI is InChI=1S/C17H20ClNO2S/c1-19(11-6-4-3-5-7-11)17(20)16-15(18)13-9-8-12(21-2)10-14(13)22-16/h8-11H,3-7H2,1-2H3. The van der Waals surface area contributed by atoms with Crippen LogP contribution in [0.15, 0.2) is 18.2 Å². The van der Waals surface area contributed by atoms with Gasteiger partial charge >= 0.3 is 0 Å². The number of nitrogens with zero attached hydrogens (tertiary/aromatic N) is 1. The molecular formula is C17H20ClNO2S. The lowest BCUT2D eigenvalue weighted by molar-refractivity contribution is 0.0701. The minimum Gasteiger partial charge on any atom is -0.497 e. The summed E-state index contributed by atoms with van der Waals surface area (Å²) in [5.41, 5.74) is 0. The second kappa shape index (κ2) is 6.47. The minimum absolute atomic E-state index is 0.0390. The van der Waals surface area contributed by atoms with Gasteiger partial charge in [0.2, 0.25) is 0 Å². The number of thiophene rings is 1. The minimum atomic E-state index is 0.0390. The van der Waals surface area contributed by atoms with E-state index >= 15 is 0 Å². The Morgan fingerprint density at radius 2 is 2.05 bits per heavy atom. The smallest absolute Gasteiger partial charge is 0.265 e. The normalized spacial score (nSPS) is 16.0. The summed E-state index contributed by atoms with van der Waals surface area (Å²) < 4.78 is 6.23. The fourth-order valence-corrected chi connectivity index (χ4v) is 4.63. The highest BCUT2D eigenvalue weighted by Crippen LogP contribution is 2.38. The highest BCUT2D eigenvalue weighted by Gasteiger charge is 2.26. The largest absolute Gasteiger partial charge is 0.497 e. The van der Waals surface area contributed by atoms with E-state index < -0.39 is 0 Å². The van der Waals surface area contributed by atoms with E-state index in [4.69, 9.17) is 16.3 Å². The van der Waals surface area contributed by atoms with Gasteiger partial charge in [-0.15, -0.1) is 11.3 Å². The Morgan fingerprint density at radius 3 is 2.73 bits per heavy atom. The van der Waals surface area contributed by atoms with Crippen LogP contribution in [0.25, 0.3) is 10.1 Å². The average Bonchev–Trinajstić information content (AvgIpc) is 2.90. The molecule has 0 unspecified atom stereocenters. The number of hydrogen-bond acceptors (Lipinski definition) is 3. The Hall–Kier alpha value is -1.26. The molecule has 1 saturated carbocycles. The first-order valence-corrected chi connectivity index (χ1v) is 8.84. The van der Waals surface area contributed by atoms with Crippen LogP contribution in [0, 0.1) is 0 Å². The fourth-order valence-electron chi connectivity index (χ4n) is 3.10. The van der Waals surface area contributed by atoms with E-state index in [1.807, 2.05) is 30.1 Å². The molecule has 1 aliphatic rings. The topological polar surface area (TPSA) is 29.5 Å². The summed E-state index contributed by atoms with van der Waals surface area (Å²) in [7, 11) is 3.54. The summed E-state index contributed by atoms with van der Waals surface area (Å²) in [6, 6.07) is 6.07. The van der Waals surface area contributed by atoms with Crippen molar-refractivity contribution < 1.29 is 9.53 Å². The van der Waals surface area contributed by atoms with Crippen molar-refractivity contribution in [2.45, 2.75) is 38.1 Å². The molecule has 0 aliphatic heterocycles. The number of benzene rings is 1. The predicted molar refractivity (Wildman–Crippen MR) is 92.4 cm³/mol. The van der Waals surface area contributed by atoms with Crippen molar-refractivity contribution in [3.63, 3.8) is 0 Å². The lowest BCUT2D eigenvalue weighted by Crippen LogP contribution is -2.38. The van der Waals surface area contributed by atoms with Crippen molar-refractivity contribution >= 4 is 38.9 Å². The van der Waals surface area contributed by atoms with Gasteiger partial charge in [0.25, 0.3) is 5.91 Å². The number of halogens is 1. The molecule has 1 heterocycles. The van der Waals surface area contributed by atoms with E-state index in [1.54, 1.807) is 7.11 Å². The molecule has 2 aromatic rings. The van der Waals surface area contributed by atoms with Gasteiger partial charge in [-0.05, 0) is 31.0 Å². The molecule has 1 fully saturated rings. The van der Waals surface area contributed by atoms with Crippen LogP contribution < -0.4 is 4.74 Å². The summed E-state index contributed by atoms with van der Waals surface area (Å²) >= 11 is 7.90. The Balaban J connectivity index is 1.91. The Kier molecular flexibility index (Phi) is 4.59. The van der Waals surface area contributed by atoms with Gasteiger partial charge in [0, 0.05) is 23.2 Å². The molecule has 0 atom stereocenters. The Labute approximate surface area is 139 Å². The second-order valence-electron chi connectivity index (χ2n) is 5.82. The van der Waals surface area contributed by atoms with E-state index in [1.165, 1.54) is 30.6 Å². The van der Waals surface area contributed by atoms with E-state index in [0.29, 0.717) is 15.9 Å². The lowest BCUT2D eigenvalue weighted by atomic mass is 9.94. The maximum Gasteiger partial charge on any atom is 0.265 e. The molecule has 0 saturated heterocycles. The number of fused-ring (bicyclic) bond motifs is 1. The summed E-state index contributed by atoms with van der Waals surface area (Å²) in [6.45, 7) is 0. The maximum absolute atomic E-state index is 12.8. The molecule has 5 heteroatoms. The second-order valence-corrected chi connectivity index (χ2v) is 7.25. The molecule has 1 aliphatic carbocycles. The average molecular weight is 338 g/mol. The molecular weight excluding hydrogens is 318 g/mol. The third-order valence-corrected chi connectivity index (χ3v) is 6.12. The summed E-state index contributed by atoms with van der Waals surface area (Å²) in [5, 5.41) is 1.49. The van der Waals surface area contributed by atoms with Gasteiger partial charge in [0.1, 0.15) is 10.6 Å². The monoisotopic (exact) mass is 337 g/mol. The number of ether oxygens (including phenoxy) is 1. The summed E-state index contributed by atoms with van der Waals surface area (Å²) in [6.07, 6.45) is 5.89. The highest BCUT2D eigenvalue weighted by atomic mass is 35.5. The number of rotatable bonds is 3. The zero-order valence-electron chi connectivity index (χ0n) is 12.9. The number of carbonyl (C=O) groups is 1. The molecule has 1 aromatic heterocycles. The molecule has 1 amide bonds. The summed E-state index contributed by atoms with van der Waals surface area (Å²) in [4.78, 5) is 15.3. The first-order chi connectivity index (χ1) is 10.6. The Morgan fingerprint density at radius 1 is 1.32 bits per heavy atom. The molecule has 0 radical (unpaired) electrons. The quantitative estimate of drug-likeness (QED) is 0.791. The van der Waals surface area contributed by atoms with Crippen LogP contribution >= 0.6 is 22.9 Å². The van der Waals surface area contributed by atoms with Crippen LogP contribution in [0.1, 0.15) is 41.8 Å². The molecule has 1 aromatic carbocycles. The lowest BCUT2D eigenvalue weighted by Gasteiger charge is -2.31. The van der Waals surface area contributed by atoms with Gasteiger partial charge in [0.15, 0.2) is 0 Å². The molecule has 118 valence electrons. The van der Waals surface area contributed by atoms with E-state index in [0.717, 1.165) is 28.7 Å². The van der Waals surface area contributed by atoms with Crippen molar-refractivity contribution in [2.75, 3.05) is 14.2 Å². The van der Waals surface area contributed by atoms with E-state index in [9.17, 15) is 4.79 Å². The van der Waals surface area contributed by atoms with Crippen molar-refractivity contribution in [3.05, 3.63) is 28.1 Å². The van der Waals surface area contributed by atoms with Gasteiger partial charge in [-0.1, -0.05) is 30.9 Å². The van der Waals surface area contributed by atoms with Crippen molar-refractivity contribution in [1.82, 2.24) is 4.90 Å². The molecule has 22 heavy (non-hydrogen) atoms. The van der Waals surface area contributed by atoms with Crippen LogP contribution in [-0.4, -0.2) is 31.0 Å². The predicted octanol–water partition coefficient (Wildman–Crippen LogP) is 4.97. The van der Waals surface area contributed by atoms with Gasteiger partial charge in [-0.25, -0.2) is 0 Å². The number of carbonyl (C=O) groups excluding carboxylic acids is 1. The highest BCUT2D eigenvalue weighted by molar-refractivity contribution is 7.21. The molecule has 3 rings (SSSR count). The van der Waals surface area contributed by atoms with Crippen LogP contribution in [0.3, 0.4) is 0 Å². The van der Waals surface area contributed by atoms with Gasteiger partial charge in [-0.2, -0.15) is 0 Å². The first-order valence-electron chi connectivity index (χ1n) is 7.65. The number of hydrogen-bond donors (Lipinski definition) is 0. The fraction of sp³-hybridized carbons (Fsp3) is 0.471. The zero-order chi connectivity index (χ0) is 15.7. The van der Waals surface area contributed by atoms with Crippen molar-refractivity contribution in [3.8, 4) is 5.75 Å². The third kappa shape index (κ3) is 2.82. The van der Waals surface area contributed by atoms with Crippen LogP contribution in [-0.2, 0) is 0 Å². The van der Waals surface area contributed by atoms with Gasteiger partial charge < -0.3 is 9.64 Å².